The molecular weight excluding hydrogens is 328 g/mol. The van der Waals surface area contributed by atoms with Gasteiger partial charge in [-0.15, -0.1) is 0 Å². The number of para-hydroxylation sites is 1. The van der Waals surface area contributed by atoms with Crippen LogP contribution in [-0.2, 0) is 0 Å². The lowest BCUT2D eigenvalue weighted by Gasteiger charge is -2.31. The van der Waals surface area contributed by atoms with Crippen LogP contribution in [0, 0.1) is 0 Å². The van der Waals surface area contributed by atoms with Crippen molar-refractivity contribution in [1.82, 2.24) is 0 Å². The van der Waals surface area contributed by atoms with Crippen molar-refractivity contribution in [3.8, 4) is 5.75 Å². The second kappa shape index (κ2) is 5.98. The maximum atomic E-state index is 6.13. The van der Waals surface area contributed by atoms with Crippen molar-refractivity contribution in [3.63, 3.8) is 0 Å². The predicted molar refractivity (Wildman–Crippen MR) is 91.1 cm³/mol. The van der Waals surface area contributed by atoms with E-state index in [1.165, 1.54) is 5.56 Å². The number of nitrogens with zero attached hydrogens (tertiary/aromatic N) is 1. The molecule has 0 saturated heterocycles. The number of nitrogen functional groups attached to an aromatic ring is 1. The molecule has 0 spiro atoms. The van der Waals surface area contributed by atoms with Gasteiger partial charge in [0.2, 0.25) is 0 Å². The summed E-state index contributed by atoms with van der Waals surface area (Å²) in [6, 6.07) is 14.4. The summed E-state index contributed by atoms with van der Waals surface area (Å²) in [6.07, 6.45) is 1.04. The number of hydrogen-bond acceptors (Lipinski definition) is 3. The lowest BCUT2D eigenvalue weighted by Crippen LogP contribution is -2.28. The molecule has 2 aromatic rings. The summed E-state index contributed by atoms with van der Waals surface area (Å²) in [5, 5.41) is 0. The van der Waals surface area contributed by atoms with Crippen molar-refractivity contribution in [1.29, 1.82) is 0 Å². The monoisotopic (exact) mass is 346 g/mol. The van der Waals surface area contributed by atoms with Crippen LogP contribution in [0.3, 0.4) is 0 Å². The first kappa shape index (κ1) is 14.3. The Balaban J connectivity index is 1.81. The molecule has 110 valence electrons. The Morgan fingerprint density at radius 2 is 2.10 bits per heavy atom. The third-order valence-corrected chi connectivity index (χ3v) is 4.47. The van der Waals surface area contributed by atoms with E-state index in [9.17, 15) is 0 Å². The standard InChI is InChI=1S/C17H19BrN2O/c1-20(16-7-6-13(18)10-15(16)19)11-12-8-9-21-17-5-3-2-4-14(12)17/h2-7,10,12H,8-9,11,19H2,1H3. The molecule has 0 fully saturated rings. The normalized spacial score (nSPS) is 17.0. The van der Waals surface area contributed by atoms with Crippen LogP contribution in [0.2, 0.25) is 0 Å². The summed E-state index contributed by atoms with van der Waals surface area (Å²) in [4.78, 5) is 2.23. The fourth-order valence-electron chi connectivity index (χ4n) is 2.91. The number of benzene rings is 2. The van der Waals surface area contributed by atoms with E-state index < -0.39 is 0 Å². The van der Waals surface area contributed by atoms with Gasteiger partial charge >= 0.3 is 0 Å². The van der Waals surface area contributed by atoms with E-state index in [-0.39, 0.29) is 0 Å². The molecule has 0 aromatic heterocycles. The first-order valence-corrected chi connectivity index (χ1v) is 7.92. The molecule has 0 amide bonds. The van der Waals surface area contributed by atoms with Crippen LogP contribution in [0.4, 0.5) is 11.4 Å². The van der Waals surface area contributed by atoms with E-state index in [0.29, 0.717) is 5.92 Å². The zero-order valence-corrected chi connectivity index (χ0v) is 13.6. The first-order valence-electron chi connectivity index (χ1n) is 7.13. The van der Waals surface area contributed by atoms with E-state index in [1.807, 2.05) is 18.2 Å². The summed E-state index contributed by atoms with van der Waals surface area (Å²) in [5.74, 6) is 1.49. The minimum absolute atomic E-state index is 0.475. The molecule has 1 aliphatic rings. The molecule has 3 rings (SSSR count). The molecule has 0 saturated carbocycles. The fraction of sp³-hybridized carbons (Fsp3) is 0.294. The van der Waals surface area contributed by atoms with Crippen molar-refractivity contribution in [2.75, 3.05) is 30.8 Å². The van der Waals surface area contributed by atoms with Crippen LogP contribution in [0.15, 0.2) is 46.9 Å². The minimum atomic E-state index is 0.475. The third kappa shape index (κ3) is 3.00. The van der Waals surface area contributed by atoms with E-state index in [1.54, 1.807) is 0 Å². The molecule has 1 unspecified atom stereocenters. The number of likely N-dealkylation sites (N-methyl/N-ethyl adjacent to an activating group) is 1. The molecule has 0 aliphatic carbocycles. The van der Waals surface area contributed by atoms with Crippen molar-refractivity contribution < 1.29 is 4.74 Å². The van der Waals surface area contributed by atoms with Crippen molar-refractivity contribution in [2.24, 2.45) is 0 Å². The largest absolute Gasteiger partial charge is 0.493 e. The maximum Gasteiger partial charge on any atom is 0.122 e. The van der Waals surface area contributed by atoms with Gasteiger partial charge in [0, 0.05) is 24.0 Å². The van der Waals surface area contributed by atoms with Gasteiger partial charge in [0.05, 0.1) is 18.0 Å². The predicted octanol–water partition coefficient (Wildman–Crippen LogP) is 4.03. The number of ether oxygens (including phenoxy) is 1. The van der Waals surface area contributed by atoms with Crippen LogP contribution in [-0.4, -0.2) is 20.2 Å². The quantitative estimate of drug-likeness (QED) is 0.852. The molecule has 4 heteroatoms. The fourth-order valence-corrected chi connectivity index (χ4v) is 3.29. The SMILES string of the molecule is CN(CC1CCOc2ccccc21)c1ccc(Br)cc1N. The molecule has 1 atom stereocenters. The molecule has 21 heavy (non-hydrogen) atoms. The highest BCUT2D eigenvalue weighted by atomic mass is 79.9. The Labute approximate surface area is 133 Å². The number of nitrogens with two attached hydrogens (primary N) is 1. The molecular formula is C17H19BrN2O. The number of hydrogen-bond donors (Lipinski definition) is 1. The molecule has 2 aromatic carbocycles. The molecule has 1 aliphatic heterocycles. The van der Waals surface area contributed by atoms with Gasteiger partial charge in [-0.1, -0.05) is 34.1 Å². The van der Waals surface area contributed by atoms with Crippen LogP contribution in [0.5, 0.6) is 5.75 Å². The van der Waals surface area contributed by atoms with Gasteiger partial charge in [-0.2, -0.15) is 0 Å². The number of anilines is 2. The van der Waals surface area contributed by atoms with Gasteiger partial charge in [-0.3, -0.25) is 0 Å². The third-order valence-electron chi connectivity index (χ3n) is 3.98. The topological polar surface area (TPSA) is 38.5 Å². The Kier molecular flexibility index (Phi) is 4.06. The number of rotatable bonds is 3. The van der Waals surface area contributed by atoms with Crippen molar-refractivity contribution >= 4 is 27.3 Å². The van der Waals surface area contributed by atoms with Gasteiger partial charge in [0.1, 0.15) is 5.75 Å². The first-order chi connectivity index (χ1) is 10.1. The average Bonchev–Trinajstić information content (AvgIpc) is 2.47. The van der Waals surface area contributed by atoms with Crippen LogP contribution in [0.25, 0.3) is 0 Å². The Morgan fingerprint density at radius 1 is 1.29 bits per heavy atom. The van der Waals surface area contributed by atoms with E-state index in [2.05, 4.69) is 52.1 Å². The highest BCUT2D eigenvalue weighted by molar-refractivity contribution is 9.10. The molecule has 2 N–H and O–H groups in total. The summed E-state index contributed by atoms with van der Waals surface area (Å²) >= 11 is 3.45. The zero-order chi connectivity index (χ0) is 14.8. The van der Waals surface area contributed by atoms with Gasteiger partial charge in [-0.05, 0) is 36.2 Å². The van der Waals surface area contributed by atoms with E-state index in [0.717, 1.165) is 41.2 Å². The van der Waals surface area contributed by atoms with E-state index in [4.69, 9.17) is 10.5 Å². The lowest BCUT2D eigenvalue weighted by molar-refractivity contribution is 0.268. The Bertz CT molecular complexity index is 644. The average molecular weight is 347 g/mol. The summed E-state index contributed by atoms with van der Waals surface area (Å²) in [6.45, 7) is 1.72. The van der Waals surface area contributed by atoms with Crippen LogP contribution in [0.1, 0.15) is 17.9 Å². The van der Waals surface area contributed by atoms with Gasteiger partial charge in [-0.25, -0.2) is 0 Å². The summed E-state index contributed by atoms with van der Waals surface area (Å²) < 4.78 is 6.74. The van der Waals surface area contributed by atoms with Gasteiger partial charge < -0.3 is 15.4 Å². The highest BCUT2D eigenvalue weighted by Gasteiger charge is 2.22. The van der Waals surface area contributed by atoms with Gasteiger partial charge in [0.15, 0.2) is 0 Å². The molecule has 1 heterocycles. The molecule has 0 radical (unpaired) electrons. The van der Waals surface area contributed by atoms with Crippen LogP contribution < -0.4 is 15.4 Å². The molecule has 3 nitrogen and oxygen atoms in total. The highest BCUT2D eigenvalue weighted by Crippen LogP contribution is 2.35. The second-order valence-corrected chi connectivity index (χ2v) is 6.37. The minimum Gasteiger partial charge on any atom is -0.493 e. The second-order valence-electron chi connectivity index (χ2n) is 5.46. The lowest BCUT2D eigenvalue weighted by atomic mass is 9.92. The smallest absolute Gasteiger partial charge is 0.122 e. The van der Waals surface area contributed by atoms with E-state index >= 15 is 0 Å². The summed E-state index contributed by atoms with van der Waals surface area (Å²) in [5.41, 5.74) is 9.29. The van der Waals surface area contributed by atoms with Gasteiger partial charge in [0.25, 0.3) is 0 Å². The van der Waals surface area contributed by atoms with Crippen molar-refractivity contribution in [3.05, 3.63) is 52.5 Å². The van der Waals surface area contributed by atoms with Crippen LogP contribution >= 0.6 is 15.9 Å². The Hall–Kier alpha value is -1.68. The summed E-state index contributed by atoms with van der Waals surface area (Å²) in [7, 11) is 2.09. The van der Waals surface area contributed by atoms with Crippen molar-refractivity contribution in [2.45, 2.75) is 12.3 Å². The number of halogens is 1. The zero-order valence-electron chi connectivity index (χ0n) is 12.1. The maximum absolute atomic E-state index is 6.13. The number of fused-ring (bicyclic) bond motifs is 1. The Morgan fingerprint density at radius 3 is 2.90 bits per heavy atom. The molecule has 0 bridgehead atoms.